The molecule has 4 rings (SSSR count). The number of amides is 2. The Morgan fingerprint density at radius 2 is 1.88 bits per heavy atom. The molecule has 7 nitrogen and oxygen atoms in total. The summed E-state index contributed by atoms with van der Waals surface area (Å²) in [5, 5.41) is 3.84. The number of benzene rings is 2. The number of urea groups is 1. The van der Waals surface area contributed by atoms with Crippen LogP contribution in [-0.2, 0) is 16.0 Å². The van der Waals surface area contributed by atoms with Gasteiger partial charge < -0.3 is 24.7 Å². The van der Waals surface area contributed by atoms with E-state index in [1.807, 2.05) is 30.5 Å². The van der Waals surface area contributed by atoms with E-state index in [1.54, 1.807) is 17.0 Å². The first kappa shape index (κ1) is 21.7. The molecule has 2 heterocycles. The molecule has 1 aliphatic rings. The number of piperidine rings is 1. The molecule has 2 amide bonds. The highest BCUT2D eigenvalue weighted by Crippen LogP contribution is 2.21. The number of likely N-dealkylation sites (tertiary alicyclic amines) is 1. The van der Waals surface area contributed by atoms with Gasteiger partial charge in [-0.1, -0.05) is 18.2 Å². The largest absolute Gasteiger partial charge is 0.490 e. The molecule has 3 aromatic rings. The first-order valence-corrected chi connectivity index (χ1v) is 10.6. The van der Waals surface area contributed by atoms with Gasteiger partial charge in [0.1, 0.15) is 23.7 Å². The summed E-state index contributed by atoms with van der Waals surface area (Å²) in [6.45, 7) is 0.997. The van der Waals surface area contributed by atoms with Crippen molar-refractivity contribution in [2.24, 2.45) is 0 Å². The monoisotopic (exact) mass is 439 g/mol. The zero-order valence-corrected chi connectivity index (χ0v) is 17.8. The van der Waals surface area contributed by atoms with Crippen molar-refractivity contribution in [2.45, 2.75) is 31.4 Å². The van der Waals surface area contributed by atoms with Crippen LogP contribution in [-0.4, -0.2) is 54.2 Å². The van der Waals surface area contributed by atoms with E-state index in [0.29, 0.717) is 38.1 Å². The van der Waals surface area contributed by atoms with E-state index >= 15 is 0 Å². The summed E-state index contributed by atoms with van der Waals surface area (Å²) < 4.78 is 23.9. The van der Waals surface area contributed by atoms with Crippen molar-refractivity contribution in [1.82, 2.24) is 15.2 Å². The van der Waals surface area contributed by atoms with Gasteiger partial charge in [0.25, 0.3) is 0 Å². The third kappa shape index (κ3) is 5.01. The van der Waals surface area contributed by atoms with Crippen LogP contribution in [0.3, 0.4) is 0 Å². The normalized spacial score (nSPS) is 15.4. The number of halogens is 1. The van der Waals surface area contributed by atoms with Crippen molar-refractivity contribution >= 4 is 22.9 Å². The Bertz CT molecular complexity index is 1070. The van der Waals surface area contributed by atoms with Crippen molar-refractivity contribution in [1.29, 1.82) is 0 Å². The van der Waals surface area contributed by atoms with Crippen molar-refractivity contribution in [3.63, 3.8) is 0 Å². The van der Waals surface area contributed by atoms with Gasteiger partial charge in [-0.25, -0.2) is 14.0 Å². The fraction of sp³-hybridized carbons (Fsp3) is 0.333. The molecule has 0 unspecified atom stereocenters. The van der Waals surface area contributed by atoms with Crippen molar-refractivity contribution in [3.8, 4) is 5.75 Å². The van der Waals surface area contributed by atoms with Crippen molar-refractivity contribution < 1.29 is 23.5 Å². The van der Waals surface area contributed by atoms with Crippen LogP contribution in [0.5, 0.6) is 5.75 Å². The predicted molar refractivity (Wildman–Crippen MR) is 118 cm³/mol. The molecule has 0 saturated carbocycles. The van der Waals surface area contributed by atoms with E-state index in [-0.39, 0.29) is 18.0 Å². The van der Waals surface area contributed by atoms with Gasteiger partial charge in [0.05, 0.1) is 7.11 Å². The van der Waals surface area contributed by atoms with E-state index in [0.717, 1.165) is 16.5 Å². The molecule has 1 aliphatic heterocycles. The second kappa shape index (κ2) is 9.72. The summed E-state index contributed by atoms with van der Waals surface area (Å²) in [5.74, 6) is -0.186. The number of carbonyl (C=O) groups excluding carboxylic acids is 2. The highest BCUT2D eigenvalue weighted by Gasteiger charge is 2.28. The molecule has 2 N–H and O–H groups in total. The van der Waals surface area contributed by atoms with Crippen LogP contribution in [0, 0.1) is 5.82 Å². The van der Waals surface area contributed by atoms with Crippen LogP contribution >= 0.6 is 0 Å². The maximum Gasteiger partial charge on any atom is 0.328 e. The quantitative estimate of drug-likeness (QED) is 0.575. The predicted octanol–water partition coefficient (Wildman–Crippen LogP) is 3.64. The molecule has 0 aliphatic carbocycles. The number of hydrogen-bond donors (Lipinski definition) is 2. The minimum atomic E-state index is -0.792. The van der Waals surface area contributed by atoms with Crippen LogP contribution in [0.2, 0.25) is 0 Å². The Balaban J connectivity index is 1.34. The van der Waals surface area contributed by atoms with E-state index in [9.17, 15) is 14.0 Å². The first-order valence-electron chi connectivity index (χ1n) is 10.6. The van der Waals surface area contributed by atoms with Gasteiger partial charge >= 0.3 is 12.0 Å². The number of aromatic nitrogens is 1. The summed E-state index contributed by atoms with van der Waals surface area (Å²) in [6, 6.07) is 12.6. The highest BCUT2D eigenvalue weighted by atomic mass is 19.1. The Kier molecular flexibility index (Phi) is 6.58. The fourth-order valence-electron chi connectivity index (χ4n) is 3.98. The summed E-state index contributed by atoms with van der Waals surface area (Å²) in [6.07, 6.45) is 3.43. The molecule has 1 fully saturated rings. The van der Waals surface area contributed by atoms with Gasteiger partial charge in [-0.15, -0.1) is 0 Å². The average Bonchev–Trinajstić information content (AvgIpc) is 3.23. The van der Waals surface area contributed by atoms with Crippen LogP contribution in [0.25, 0.3) is 10.9 Å². The smallest absolute Gasteiger partial charge is 0.328 e. The van der Waals surface area contributed by atoms with Crippen molar-refractivity contribution in [3.05, 3.63) is 66.1 Å². The van der Waals surface area contributed by atoms with Gasteiger partial charge in [0.15, 0.2) is 0 Å². The summed E-state index contributed by atoms with van der Waals surface area (Å²) >= 11 is 0. The van der Waals surface area contributed by atoms with E-state index in [1.165, 1.54) is 19.2 Å². The SMILES string of the molecule is COC(=O)[C@@H](Cc1c[nH]c2ccccc12)NC(=O)N1CCC(Oc2ccc(F)cc2)CC1. The maximum atomic E-state index is 13.0. The standard InChI is InChI=1S/C24H26FN3O4/c1-31-23(29)22(14-16-15-26-21-5-3-2-4-20(16)21)27-24(30)28-12-10-19(11-13-28)32-18-8-6-17(25)7-9-18/h2-9,15,19,22,26H,10-14H2,1H3,(H,27,30)/t22-/m1/s1. The first-order chi connectivity index (χ1) is 15.5. The maximum absolute atomic E-state index is 13.0. The van der Waals surface area contributed by atoms with Gasteiger partial charge in [0.2, 0.25) is 0 Å². The number of carbonyl (C=O) groups is 2. The Labute approximate surface area is 185 Å². The molecule has 1 atom stereocenters. The number of fused-ring (bicyclic) bond motifs is 1. The second-order valence-corrected chi connectivity index (χ2v) is 7.85. The lowest BCUT2D eigenvalue weighted by atomic mass is 10.0. The van der Waals surface area contributed by atoms with Gasteiger partial charge in [-0.2, -0.15) is 0 Å². The molecule has 168 valence electrons. The minimum absolute atomic E-state index is 0.0489. The number of nitrogens with one attached hydrogen (secondary N) is 2. The third-order valence-electron chi connectivity index (χ3n) is 5.73. The van der Waals surface area contributed by atoms with Gasteiger partial charge in [-0.3, -0.25) is 0 Å². The lowest BCUT2D eigenvalue weighted by molar-refractivity contribution is -0.142. The summed E-state index contributed by atoms with van der Waals surface area (Å²) in [4.78, 5) is 30.1. The summed E-state index contributed by atoms with van der Waals surface area (Å²) in [7, 11) is 1.31. The number of hydrogen-bond acceptors (Lipinski definition) is 4. The third-order valence-corrected chi connectivity index (χ3v) is 5.73. The zero-order chi connectivity index (χ0) is 22.5. The highest BCUT2D eigenvalue weighted by molar-refractivity contribution is 5.87. The van der Waals surface area contributed by atoms with E-state index in [2.05, 4.69) is 10.3 Å². The molecule has 0 radical (unpaired) electrons. The Hall–Kier alpha value is -3.55. The molecular weight excluding hydrogens is 413 g/mol. The summed E-state index contributed by atoms with van der Waals surface area (Å²) in [5.41, 5.74) is 1.91. The van der Waals surface area contributed by atoms with Crippen LogP contribution in [0.15, 0.2) is 54.7 Å². The molecular formula is C24H26FN3O4. The number of nitrogens with zero attached hydrogens (tertiary/aromatic N) is 1. The lowest BCUT2D eigenvalue weighted by Crippen LogP contribution is -2.52. The molecule has 32 heavy (non-hydrogen) atoms. The second-order valence-electron chi connectivity index (χ2n) is 7.85. The average molecular weight is 439 g/mol. The molecule has 1 aromatic heterocycles. The number of aromatic amines is 1. The van der Waals surface area contributed by atoms with Crippen molar-refractivity contribution in [2.75, 3.05) is 20.2 Å². The number of H-pyrrole nitrogens is 1. The van der Waals surface area contributed by atoms with Crippen LogP contribution in [0.4, 0.5) is 9.18 Å². The Morgan fingerprint density at radius 3 is 2.59 bits per heavy atom. The van der Waals surface area contributed by atoms with Crippen LogP contribution in [0.1, 0.15) is 18.4 Å². The fourth-order valence-corrected chi connectivity index (χ4v) is 3.98. The van der Waals surface area contributed by atoms with Crippen LogP contribution < -0.4 is 10.1 Å². The minimum Gasteiger partial charge on any atom is -0.490 e. The zero-order valence-electron chi connectivity index (χ0n) is 17.8. The number of methoxy groups -OCH3 is 1. The number of para-hydroxylation sites is 1. The molecule has 0 spiro atoms. The molecule has 2 aromatic carbocycles. The number of rotatable bonds is 6. The molecule has 0 bridgehead atoms. The topological polar surface area (TPSA) is 83.7 Å². The van der Waals surface area contributed by atoms with Gasteiger partial charge in [-0.05, 0) is 35.9 Å². The molecule has 8 heteroatoms. The number of esters is 1. The van der Waals surface area contributed by atoms with E-state index < -0.39 is 12.0 Å². The Morgan fingerprint density at radius 1 is 1.16 bits per heavy atom. The lowest BCUT2D eigenvalue weighted by Gasteiger charge is -2.33. The van der Waals surface area contributed by atoms with E-state index in [4.69, 9.17) is 9.47 Å². The van der Waals surface area contributed by atoms with Gasteiger partial charge in [0, 0.05) is 49.5 Å². The molecule has 1 saturated heterocycles. The number of ether oxygens (including phenoxy) is 2.